The monoisotopic (exact) mass is 335 g/mol. The maximum absolute atomic E-state index is 6.14. The van der Waals surface area contributed by atoms with Crippen molar-refractivity contribution < 1.29 is 0 Å². The molecular weight excluding hydrogens is 325 g/mol. The highest BCUT2D eigenvalue weighted by atomic mass is 35.5. The van der Waals surface area contributed by atoms with Crippen LogP contribution in [-0.2, 0) is 6.54 Å². The molecule has 1 aromatic carbocycles. The van der Waals surface area contributed by atoms with Crippen molar-refractivity contribution >= 4 is 40.2 Å². The number of aromatic nitrogens is 2. The van der Waals surface area contributed by atoms with Crippen LogP contribution in [0.3, 0.4) is 0 Å². The van der Waals surface area contributed by atoms with Crippen LogP contribution in [0.2, 0.25) is 10.0 Å². The minimum atomic E-state index is 0.527. The number of benzene rings is 1. The van der Waals surface area contributed by atoms with Crippen molar-refractivity contribution in [2.24, 2.45) is 0 Å². The molecule has 3 rings (SSSR count). The first-order valence-electron chi connectivity index (χ1n) is 6.28. The van der Waals surface area contributed by atoms with Crippen molar-refractivity contribution in [1.82, 2.24) is 9.97 Å². The molecule has 0 aliphatic heterocycles. The number of rotatable bonds is 4. The summed E-state index contributed by atoms with van der Waals surface area (Å²) in [4.78, 5) is 8.86. The molecule has 0 spiro atoms. The Morgan fingerprint density at radius 1 is 1.10 bits per heavy atom. The van der Waals surface area contributed by atoms with E-state index in [0.717, 1.165) is 22.1 Å². The van der Waals surface area contributed by atoms with Gasteiger partial charge in [-0.05, 0) is 24.3 Å². The van der Waals surface area contributed by atoms with Gasteiger partial charge in [-0.1, -0.05) is 35.3 Å². The molecule has 1 N–H and O–H groups in total. The average Bonchev–Trinajstić information content (AvgIpc) is 2.99. The lowest BCUT2D eigenvalue weighted by atomic mass is 10.3. The van der Waals surface area contributed by atoms with E-state index in [9.17, 15) is 0 Å². The second-order valence-corrected chi connectivity index (χ2v) is 5.96. The molecular formula is C15H11Cl2N3S. The van der Waals surface area contributed by atoms with E-state index in [4.69, 9.17) is 23.2 Å². The third-order valence-corrected chi connectivity index (χ3v) is 4.58. The van der Waals surface area contributed by atoms with Crippen LogP contribution in [0, 0.1) is 0 Å². The minimum Gasteiger partial charge on any atom is -0.378 e. The van der Waals surface area contributed by atoms with Gasteiger partial charge in [0, 0.05) is 11.6 Å². The lowest BCUT2D eigenvalue weighted by molar-refractivity contribution is 1.07. The summed E-state index contributed by atoms with van der Waals surface area (Å²) in [5, 5.41) is 7.22. The van der Waals surface area contributed by atoms with Gasteiger partial charge in [-0.25, -0.2) is 4.98 Å². The Balaban J connectivity index is 1.72. The average molecular weight is 336 g/mol. The molecule has 0 aliphatic rings. The molecule has 0 atom stereocenters. The van der Waals surface area contributed by atoms with Crippen LogP contribution in [0.1, 0.15) is 5.69 Å². The molecule has 0 saturated heterocycles. The van der Waals surface area contributed by atoms with Crippen LogP contribution < -0.4 is 5.32 Å². The van der Waals surface area contributed by atoms with E-state index in [2.05, 4.69) is 15.3 Å². The highest BCUT2D eigenvalue weighted by Gasteiger charge is 2.07. The summed E-state index contributed by atoms with van der Waals surface area (Å²) in [5.41, 5.74) is 2.63. The summed E-state index contributed by atoms with van der Waals surface area (Å²) in [6, 6.07) is 11.3. The maximum atomic E-state index is 6.14. The molecule has 0 saturated carbocycles. The Labute approximate surface area is 136 Å². The second-order valence-electron chi connectivity index (χ2n) is 4.31. The quantitative estimate of drug-likeness (QED) is 0.718. The summed E-state index contributed by atoms with van der Waals surface area (Å²) in [5.74, 6) is 0. The third-order valence-electron chi connectivity index (χ3n) is 2.85. The van der Waals surface area contributed by atoms with Crippen molar-refractivity contribution in [1.29, 1.82) is 0 Å². The SMILES string of the molecule is Clc1cccc(NCc2csc(-c3ccccn3)n2)c1Cl. The molecule has 3 aromatic rings. The minimum absolute atomic E-state index is 0.527. The van der Waals surface area contributed by atoms with Gasteiger partial charge in [0.05, 0.1) is 33.7 Å². The number of nitrogens with zero attached hydrogens (tertiary/aromatic N) is 2. The fourth-order valence-corrected chi connectivity index (χ4v) is 2.98. The molecule has 2 aromatic heterocycles. The first kappa shape index (κ1) is 14.3. The summed E-state index contributed by atoms with van der Waals surface area (Å²) in [6.45, 7) is 0.587. The number of hydrogen-bond acceptors (Lipinski definition) is 4. The van der Waals surface area contributed by atoms with Crippen molar-refractivity contribution in [2.75, 3.05) is 5.32 Å². The lowest BCUT2D eigenvalue weighted by Crippen LogP contribution is -2.00. The van der Waals surface area contributed by atoms with Gasteiger partial charge in [0.2, 0.25) is 0 Å². The normalized spacial score (nSPS) is 10.6. The number of nitrogens with one attached hydrogen (secondary N) is 1. The van der Waals surface area contributed by atoms with Gasteiger partial charge in [0.15, 0.2) is 0 Å². The largest absolute Gasteiger partial charge is 0.378 e. The standard InChI is InChI=1S/C15H11Cl2N3S/c16-11-4-3-6-12(14(11)17)19-8-10-9-21-15(20-10)13-5-1-2-7-18-13/h1-7,9,19H,8H2. The van der Waals surface area contributed by atoms with Gasteiger partial charge < -0.3 is 5.32 Å². The predicted octanol–water partition coefficient (Wildman–Crippen LogP) is 5.12. The third kappa shape index (κ3) is 3.35. The topological polar surface area (TPSA) is 37.8 Å². The molecule has 3 nitrogen and oxygen atoms in total. The zero-order chi connectivity index (χ0) is 14.7. The summed E-state index contributed by atoms with van der Waals surface area (Å²) < 4.78 is 0. The molecule has 0 fully saturated rings. The van der Waals surface area contributed by atoms with E-state index in [1.165, 1.54) is 0 Å². The van der Waals surface area contributed by atoms with Gasteiger partial charge in [-0.15, -0.1) is 11.3 Å². The van der Waals surface area contributed by atoms with Crippen LogP contribution in [-0.4, -0.2) is 9.97 Å². The Morgan fingerprint density at radius 3 is 2.81 bits per heavy atom. The first-order chi connectivity index (χ1) is 10.2. The lowest BCUT2D eigenvalue weighted by Gasteiger charge is -2.07. The van der Waals surface area contributed by atoms with E-state index in [1.54, 1.807) is 23.6 Å². The molecule has 0 bridgehead atoms. The van der Waals surface area contributed by atoms with E-state index in [0.29, 0.717) is 16.6 Å². The van der Waals surface area contributed by atoms with Gasteiger partial charge in [0.25, 0.3) is 0 Å². The fraction of sp³-hybridized carbons (Fsp3) is 0.0667. The smallest absolute Gasteiger partial charge is 0.142 e. The molecule has 0 amide bonds. The predicted molar refractivity (Wildman–Crippen MR) is 89.1 cm³/mol. The van der Waals surface area contributed by atoms with Gasteiger partial charge in [0.1, 0.15) is 5.01 Å². The van der Waals surface area contributed by atoms with Crippen molar-refractivity contribution in [3.05, 3.63) is 63.7 Å². The van der Waals surface area contributed by atoms with Crippen molar-refractivity contribution in [3.8, 4) is 10.7 Å². The Kier molecular flexibility index (Phi) is 4.39. The van der Waals surface area contributed by atoms with E-state index >= 15 is 0 Å². The zero-order valence-electron chi connectivity index (χ0n) is 10.9. The number of anilines is 1. The van der Waals surface area contributed by atoms with Crippen molar-refractivity contribution in [3.63, 3.8) is 0 Å². The van der Waals surface area contributed by atoms with Gasteiger partial charge in [-0.2, -0.15) is 0 Å². The second kappa shape index (κ2) is 6.43. The Bertz CT molecular complexity index is 744. The molecule has 0 radical (unpaired) electrons. The van der Waals surface area contributed by atoms with Gasteiger partial charge >= 0.3 is 0 Å². The van der Waals surface area contributed by atoms with Crippen LogP contribution in [0.15, 0.2) is 48.0 Å². The highest BCUT2D eigenvalue weighted by molar-refractivity contribution is 7.13. The molecule has 0 aliphatic carbocycles. The zero-order valence-corrected chi connectivity index (χ0v) is 13.2. The van der Waals surface area contributed by atoms with E-state index in [-0.39, 0.29) is 0 Å². The Hall–Kier alpha value is -1.62. The number of thiazole rings is 1. The fourth-order valence-electron chi connectivity index (χ4n) is 1.82. The van der Waals surface area contributed by atoms with E-state index in [1.807, 2.05) is 35.7 Å². The Morgan fingerprint density at radius 2 is 2.00 bits per heavy atom. The molecule has 6 heteroatoms. The van der Waals surface area contributed by atoms with Crippen LogP contribution in [0.25, 0.3) is 10.7 Å². The maximum Gasteiger partial charge on any atom is 0.142 e. The number of pyridine rings is 1. The molecule has 106 valence electrons. The highest BCUT2D eigenvalue weighted by Crippen LogP contribution is 2.30. The molecule has 2 heterocycles. The van der Waals surface area contributed by atoms with Crippen molar-refractivity contribution in [2.45, 2.75) is 6.54 Å². The first-order valence-corrected chi connectivity index (χ1v) is 7.91. The van der Waals surface area contributed by atoms with E-state index < -0.39 is 0 Å². The number of hydrogen-bond donors (Lipinski definition) is 1. The number of halogens is 2. The summed E-state index contributed by atoms with van der Waals surface area (Å²) in [6.07, 6.45) is 1.76. The molecule has 21 heavy (non-hydrogen) atoms. The summed E-state index contributed by atoms with van der Waals surface area (Å²) >= 11 is 13.7. The summed E-state index contributed by atoms with van der Waals surface area (Å²) in [7, 11) is 0. The van der Waals surface area contributed by atoms with Gasteiger partial charge in [-0.3, -0.25) is 4.98 Å². The van der Waals surface area contributed by atoms with Crippen LogP contribution in [0.4, 0.5) is 5.69 Å². The van der Waals surface area contributed by atoms with Crippen LogP contribution >= 0.6 is 34.5 Å². The van der Waals surface area contributed by atoms with Crippen LogP contribution in [0.5, 0.6) is 0 Å². The molecule has 0 unspecified atom stereocenters.